The van der Waals surface area contributed by atoms with Gasteiger partial charge in [0, 0.05) is 13.3 Å². The van der Waals surface area contributed by atoms with Crippen molar-refractivity contribution in [3.63, 3.8) is 0 Å². The summed E-state index contributed by atoms with van der Waals surface area (Å²) in [5.41, 5.74) is 1.16. The van der Waals surface area contributed by atoms with Gasteiger partial charge in [0.25, 0.3) is 0 Å². The Hall–Kier alpha value is -1.95. The van der Waals surface area contributed by atoms with Crippen LogP contribution in [0.5, 0.6) is 0 Å². The summed E-state index contributed by atoms with van der Waals surface area (Å²) in [5.74, 6) is 1.48. The van der Waals surface area contributed by atoms with Crippen LogP contribution in [0.15, 0.2) is 12.4 Å². The van der Waals surface area contributed by atoms with Gasteiger partial charge in [-0.2, -0.15) is 0 Å². The van der Waals surface area contributed by atoms with Crippen LogP contribution in [0.2, 0.25) is 0 Å². The fourth-order valence-corrected chi connectivity index (χ4v) is 6.36. The number of methoxy groups -OCH3 is 1. The normalized spacial score (nSPS) is 24.4. The fourth-order valence-electron chi connectivity index (χ4n) is 4.92. The molecule has 11 heteroatoms. The predicted octanol–water partition coefficient (Wildman–Crippen LogP) is 2.05. The Bertz CT molecular complexity index is 1090. The van der Waals surface area contributed by atoms with Gasteiger partial charge in [-0.05, 0) is 45.4 Å². The lowest BCUT2D eigenvalue weighted by molar-refractivity contribution is -0.0955. The zero-order valence-electron chi connectivity index (χ0n) is 19.3. The highest BCUT2D eigenvalue weighted by Crippen LogP contribution is 2.60. The van der Waals surface area contributed by atoms with Crippen LogP contribution in [0.4, 0.5) is 0 Å². The molecule has 33 heavy (non-hydrogen) atoms. The first-order chi connectivity index (χ1) is 15.9. The maximum absolute atomic E-state index is 13.5. The van der Waals surface area contributed by atoms with Crippen molar-refractivity contribution in [1.29, 1.82) is 0 Å². The van der Waals surface area contributed by atoms with Crippen LogP contribution >= 0.6 is 0 Å². The topological polar surface area (TPSA) is 118 Å². The summed E-state index contributed by atoms with van der Waals surface area (Å²) >= 11 is 0. The predicted molar refractivity (Wildman–Crippen MR) is 118 cm³/mol. The molecule has 2 saturated carbocycles. The molecule has 2 aliphatic carbocycles. The first-order valence-corrected chi connectivity index (χ1v) is 13.2. The van der Waals surface area contributed by atoms with Crippen LogP contribution in [0.1, 0.15) is 67.9 Å². The van der Waals surface area contributed by atoms with Crippen molar-refractivity contribution < 1.29 is 22.6 Å². The largest absolute Gasteiger partial charge is 0.376 e. The van der Waals surface area contributed by atoms with Crippen LogP contribution in [0.3, 0.4) is 0 Å². The third-order valence-electron chi connectivity index (χ3n) is 7.07. The molecule has 5 rings (SSSR count). The van der Waals surface area contributed by atoms with E-state index in [0.29, 0.717) is 43.1 Å². The van der Waals surface area contributed by atoms with Crippen LogP contribution in [0.25, 0.3) is 0 Å². The number of ether oxygens (including phenoxy) is 3. The molecule has 3 aliphatic rings. The smallest absolute Gasteiger partial charge is 0.165 e. The molecule has 1 saturated heterocycles. The first-order valence-electron chi connectivity index (χ1n) is 11.5. The van der Waals surface area contributed by atoms with Gasteiger partial charge in [-0.3, -0.25) is 9.97 Å². The van der Waals surface area contributed by atoms with Crippen molar-refractivity contribution in [2.75, 3.05) is 26.9 Å². The van der Waals surface area contributed by atoms with Crippen molar-refractivity contribution >= 4 is 9.84 Å². The summed E-state index contributed by atoms with van der Waals surface area (Å²) in [6, 6.07) is 0. The average Bonchev–Trinajstić information content (AvgIpc) is 3.73. The van der Waals surface area contributed by atoms with E-state index < -0.39 is 21.2 Å². The lowest BCUT2D eigenvalue weighted by Gasteiger charge is -2.28. The second kappa shape index (κ2) is 8.68. The second-order valence-electron chi connectivity index (χ2n) is 9.37. The Morgan fingerprint density at radius 2 is 2.00 bits per heavy atom. The van der Waals surface area contributed by atoms with Crippen LogP contribution in [-0.4, -0.2) is 65.3 Å². The average molecular weight is 478 g/mol. The highest BCUT2D eigenvalue weighted by Gasteiger charge is 2.58. The lowest BCUT2D eigenvalue weighted by atomic mass is 10.1. The summed E-state index contributed by atoms with van der Waals surface area (Å²) in [6.07, 6.45) is 6.46. The van der Waals surface area contributed by atoms with Crippen LogP contribution < -0.4 is 0 Å². The third-order valence-corrected chi connectivity index (χ3v) is 9.11. The number of hydrogen-bond donors (Lipinski definition) is 0. The third kappa shape index (κ3) is 4.31. The number of nitrogens with zero attached hydrogens (tertiary/aromatic N) is 5. The van der Waals surface area contributed by atoms with E-state index in [1.54, 1.807) is 19.3 Å². The Balaban J connectivity index is 1.45. The molecule has 3 fully saturated rings. The number of aromatic nitrogens is 5. The molecule has 0 N–H and O–H groups in total. The number of sulfone groups is 1. The lowest BCUT2D eigenvalue weighted by Crippen LogP contribution is -2.33. The van der Waals surface area contributed by atoms with Crippen molar-refractivity contribution in [3.05, 3.63) is 35.4 Å². The van der Waals surface area contributed by atoms with E-state index >= 15 is 0 Å². The second-order valence-corrected chi connectivity index (χ2v) is 11.7. The van der Waals surface area contributed by atoms with Gasteiger partial charge in [0.15, 0.2) is 15.7 Å². The molecule has 10 nitrogen and oxygen atoms in total. The summed E-state index contributed by atoms with van der Waals surface area (Å²) in [6.45, 7) is 4.93. The molecule has 0 spiro atoms. The Kier molecular flexibility index (Phi) is 6.00. The van der Waals surface area contributed by atoms with Crippen molar-refractivity contribution in [1.82, 2.24) is 24.7 Å². The van der Waals surface area contributed by atoms with Gasteiger partial charge >= 0.3 is 0 Å². The van der Waals surface area contributed by atoms with Gasteiger partial charge < -0.3 is 18.8 Å². The van der Waals surface area contributed by atoms with Crippen molar-refractivity contribution in [2.45, 2.75) is 68.3 Å². The molecule has 3 atom stereocenters. The highest BCUT2D eigenvalue weighted by molar-refractivity contribution is 7.91. The quantitative estimate of drug-likeness (QED) is 0.534. The summed E-state index contributed by atoms with van der Waals surface area (Å²) in [7, 11) is -2.16. The standard InChI is InChI=1S/C22H31N5O5S/c1-14-10-24-17(11-23-14)20(30-3)15(2)33(28,29)13-19-25-26-21(18-12-31-8-9-32-18)27(19)22(6-7-22)16-4-5-16/h10-11,15-16,18,20H,4-9,12-13H2,1-3H3/t15-,18-,20-/m0/s1. The zero-order chi connectivity index (χ0) is 23.2. The highest BCUT2D eigenvalue weighted by atomic mass is 32.2. The molecule has 0 amide bonds. The van der Waals surface area contributed by atoms with E-state index in [1.165, 1.54) is 7.11 Å². The molecule has 3 heterocycles. The van der Waals surface area contributed by atoms with E-state index in [0.717, 1.165) is 31.4 Å². The van der Waals surface area contributed by atoms with E-state index in [9.17, 15) is 8.42 Å². The minimum Gasteiger partial charge on any atom is -0.376 e. The fraction of sp³-hybridized carbons (Fsp3) is 0.727. The molecule has 0 unspecified atom stereocenters. The van der Waals surface area contributed by atoms with Crippen LogP contribution in [0, 0.1) is 12.8 Å². The Morgan fingerprint density at radius 3 is 2.58 bits per heavy atom. The minimum absolute atomic E-state index is 0.0865. The van der Waals surface area contributed by atoms with Gasteiger partial charge in [-0.1, -0.05) is 0 Å². The monoisotopic (exact) mass is 477 g/mol. The molecule has 1 aliphatic heterocycles. The molecule has 0 bridgehead atoms. The van der Waals surface area contributed by atoms with Crippen LogP contribution in [-0.2, 0) is 35.3 Å². The molecule has 0 radical (unpaired) electrons. The van der Waals surface area contributed by atoms with Gasteiger partial charge in [-0.25, -0.2) is 8.42 Å². The first kappa shape index (κ1) is 22.8. The summed E-state index contributed by atoms with van der Waals surface area (Å²) < 4.78 is 46.2. The molecule has 180 valence electrons. The number of hydrogen-bond acceptors (Lipinski definition) is 9. The maximum Gasteiger partial charge on any atom is 0.165 e. The van der Waals surface area contributed by atoms with Gasteiger partial charge in [0.2, 0.25) is 0 Å². The molecular formula is C22H31N5O5S. The van der Waals surface area contributed by atoms with E-state index in [4.69, 9.17) is 14.2 Å². The van der Waals surface area contributed by atoms with Gasteiger partial charge in [0.1, 0.15) is 23.8 Å². The van der Waals surface area contributed by atoms with E-state index in [2.05, 4.69) is 24.7 Å². The summed E-state index contributed by atoms with van der Waals surface area (Å²) in [5, 5.41) is 7.96. The Labute approximate surface area is 194 Å². The summed E-state index contributed by atoms with van der Waals surface area (Å²) in [4.78, 5) is 8.58. The molecule has 2 aromatic rings. The Morgan fingerprint density at radius 1 is 1.21 bits per heavy atom. The van der Waals surface area contributed by atoms with Crippen molar-refractivity contribution in [3.8, 4) is 0 Å². The molecular weight excluding hydrogens is 446 g/mol. The zero-order valence-corrected chi connectivity index (χ0v) is 20.1. The van der Waals surface area contributed by atoms with Gasteiger partial charge in [0.05, 0.1) is 48.2 Å². The molecule has 0 aromatic carbocycles. The molecule has 2 aromatic heterocycles. The van der Waals surface area contributed by atoms with E-state index in [-0.39, 0.29) is 17.4 Å². The van der Waals surface area contributed by atoms with Gasteiger partial charge in [-0.15, -0.1) is 10.2 Å². The number of aryl methyl sites for hydroxylation is 1. The number of rotatable bonds is 9. The minimum atomic E-state index is -3.65. The SMILES string of the molecule is CO[C@H](c1cnc(C)cn1)[C@H](C)S(=O)(=O)Cc1nnc([C@@H]2COCCO2)n1C1(C2CC2)CC1. The maximum atomic E-state index is 13.5. The van der Waals surface area contributed by atoms with Crippen molar-refractivity contribution in [2.24, 2.45) is 5.92 Å². The van der Waals surface area contributed by atoms with E-state index in [1.807, 2.05) is 6.92 Å².